The number of nitrogens with one attached hydrogen (secondary N) is 1. The van der Waals surface area contributed by atoms with Crippen molar-refractivity contribution >= 4 is 28.5 Å². The van der Waals surface area contributed by atoms with E-state index in [9.17, 15) is 19.5 Å². The number of amides is 2. The van der Waals surface area contributed by atoms with E-state index in [1.165, 1.54) is 16.2 Å². The normalized spacial score (nSPS) is 15.4. The highest BCUT2D eigenvalue weighted by Gasteiger charge is 2.29. The summed E-state index contributed by atoms with van der Waals surface area (Å²) < 4.78 is 5.69. The predicted molar refractivity (Wildman–Crippen MR) is 133 cm³/mol. The first-order valence-electron chi connectivity index (χ1n) is 12.0. The summed E-state index contributed by atoms with van der Waals surface area (Å²) in [6, 6.07) is 11.8. The number of rotatable bonds is 6. The maximum absolute atomic E-state index is 13.0. The van der Waals surface area contributed by atoms with Gasteiger partial charge in [-0.15, -0.1) is 0 Å². The van der Waals surface area contributed by atoms with Gasteiger partial charge in [0.15, 0.2) is 0 Å². The highest BCUT2D eigenvalue weighted by molar-refractivity contribution is 6.00. The maximum Gasteiger partial charge on any atom is 0.349 e. The lowest BCUT2D eigenvalue weighted by Crippen LogP contribution is -2.49. The predicted octanol–water partition coefficient (Wildman–Crippen LogP) is 2.24. The van der Waals surface area contributed by atoms with Crippen molar-refractivity contribution in [1.29, 1.82) is 0 Å². The van der Waals surface area contributed by atoms with Crippen LogP contribution in [0.1, 0.15) is 39.9 Å². The number of aliphatic hydroxyl groups is 1. The van der Waals surface area contributed by atoms with Gasteiger partial charge in [0.2, 0.25) is 5.91 Å². The number of aryl methyl sites for hydroxylation is 2. The monoisotopic (exact) mass is 475 g/mol. The Labute approximate surface area is 203 Å². The Morgan fingerprint density at radius 2 is 1.89 bits per heavy atom. The molecule has 0 fully saturated rings. The topological polar surface area (TPSA) is 103 Å². The average Bonchev–Trinajstić information content (AvgIpc) is 2.87. The van der Waals surface area contributed by atoms with Gasteiger partial charge in [0.05, 0.1) is 6.61 Å². The van der Waals surface area contributed by atoms with Gasteiger partial charge in [-0.05, 0) is 48.9 Å². The molecule has 1 atom stereocenters. The standard InChI is InChI=1S/C27H29N3O5/c1-29(15-17-7-3-2-4-8-17)26(33)22(16-31)28-25(32)21-14-19-13-18-9-5-11-30-12-6-10-20(23(18)30)24(19)35-27(21)34/h2-4,7-8,13-14,22,31H,5-6,9-12,15-16H2,1H3,(H,28,32)/t22-/m0/s1. The third-order valence-electron chi connectivity index (χ3n) is 6.89. The van der Waals surface area contributed by atoms with Crippen LogP contribution in [0.25, 0.3) is 11.0 Å². The number of hydrogen-bond donors (Lipinski definition) is 2. The van der Waals surface area contributed by atoms with E-state index in [-0.39, 0.29) is 5.56 Å². The molecule has 182 valence electrons. The molecule has 3 heterocycles. The van der Waals surface area contributed by atoms with Gasteiger partial charge >= 0.3 is 5.63 Å². The first-order chi connectivity index (χ1) is 17.0. The highest BCUT2D eigenvalue weighted by Crippen LogP contribution is 2.39. The minimum atomic E-state index is -1.18. The van der Waals surface area contributed by atoms with Crippen molar-refractivity contribution in [2.24, 2.45) is 0 Å². The Hall–Kier alpha value is -3.65. The smallest absolute Gasteiger partial charge is 0.349 e. The lowest BCUT2D eigenvalue weighted by molar-refractivity contribution is -0.133. The molecule has 0 saturated heterocycles. The summed E-state index contributed by atoms with van der Waals surface area (Å²) >= 11 is 0. The maximum atomic E-state index is 13.0. The molecule has 0 spiro atoms. The second kappa shape index (κ2) is 9.54. The Bertz CT molecular complexity index is 1330. The molecule has 5 rings (SSSR count). The summed E-state index contributed by atoms with van der Waals surface area (Å²) in [5.74, 6) is -1.19. The fraction of sp³-hybridized carbons (Fsp3) is 0.370. The molecule has 1 aromatic heterocycles. The zero-order valence-corrected chi connectivity index (χ0v) is 19.8. The molecule has 8 nitrogen and oxygen atoms in total. The van der Waals surface area contributed by atoms with E-state index in [1.807, 2.05) is 36.4 Å². The van der Waals surface area contributed by atoms with Crippen LogP contribution >= 0.6 is 0 Å². The van der Waals surface area contributed by atoms with Crippen LogP contribution in [0, 0.1) is 0 Å². The molecule has 0 saturated carbocycles. The minimum Gasteiger partial charge on any atom is -0.422 e. The summed E-state index contributed by atoms with van der Waals surface area (Å²) in [5.41, 5.74) is 3.97. The molecule has 2 N–H and O–H groups in total. The molecule has 35 heavy (non-hydrogen) atoms. The van der Waals surface area contributed by atoms with Crippen molar-refractivity contribution in [2.75, 3.05) is 31.6 Å². The minimum absolute atomic E-state index is 0.176. The number of fused-ring (bicyclic) bond motifs is 2. The van der Waals surface area contributed by atoms with E-state index < -0.39 is 30.1 Å². The van der Waals surface area contributed by atoms with Gasteiger partial charge in [0.1, 0.15) is 17.2 Å². The SMILES string of the molecule is CN(Cc1ccccc1)C(=O)[C@H](CO)NC(=O)c1cc2cc3c4c(c2oc1=O)CCCN4CCC3. The summed E-state index contributed by atoms with van der Waals surface area (Å²) in [6.45, 7) is 1.75. The van der Waals surface area contributed by atoms with Crippen molar-refractivity contribution in [3.05, 3.63) is 75.1 Å². The van der Waals surface area contributed by atoms with Gasteiger partial charge in [0.25, 0.3) is 5.91 Å². The molecule has 2 aromatic carbocycles. The Kier molecular flexibility index (Phi) is 6.30. The number of carbonyl (C=O) groups excluding carboxylic acids is 2. The molecule has 3 aromatic rings. The first kappa shape index (κ1) is 23.1. The summed E-state index contributed by atoms with van der Waals surface area (Å²) in [6.07, 6.45) is 3.84. The van der Waals surface area contributed by atoms with E-state index in [0.717, 1.165) is 49.9 Å². The van der Waals surface area contributed by atoms with E-state index in [0.29, 0.717) is 17.5 Å². The van der Waals surface area contributed by atoms with E-state index in [1.54, 1.807) is 13.1 Å². The molecule has 0 bridgehead atoms. The van der Waals surface area contributed by atoms with Gasteiger partial charge < -0.3 is 24.6 Å². The number of benzene rings is 2. The first-order valence-corrected chi connectivity index (χ1v) is 12.0. The molecule has 0 unspecified atom stereocenters. The van der Waals surface area contributed by atoms with Crippen LogP contribution < -0.4 is 15.8 Å². The molecule has 2 aliphatic heterocycles. The number of likely N-dealkylation sites (N-methyl/N-ethyl adjacent to an activating group) is 1. The van der Waals surface area contributed by atoms with Crippen molar-refractivity contribution in [1.82, 2.24) is 10.2 Å². The van der Waals surface area contributed by atoms with E-state index in [2.05, 4.69) is 10.2 Å². The fourth-order valence-corrected chi connectivity index (χ4v) is 5.23. The molecular formula is C27H29N3O5. The zero-order valence-electron chi connectivity index (χ0n) is 19.8. The summed E-state index contributed by atoms with van der Waals surface area (Å²) in [5, 5.41) is 13.0. The number of anilines is 1. The number of carbonyl (C=O) groups is 2. The molecule has 2 aliphatic rings. The highest BCUT2D eigenvalue weighted by atomic mass is 16.4. The van der Waals surface area contributed by atoms with Crippen LogP contribution in [0.5, 0.6) is 0 Å². The van der Waals surface area contributed by atoms with Crippen molar-refractivity contribution < 1.29 is 19.1 Å². The van der Waals surface area contributed by atoms with Gasteiger partial charge in [-0.3, -0.25) is 9.59 Å². The van der Waals surface area contributed by atoms with Gasteiger partial charge in [0, 0.05) is 43.3 Å². The largest absolute Gasteiger partial charge is 0.422 e. The Morgan fingerprint density at radius 3 is 2.63 bits per heavy atom. The Morgan fingerprint density at radius 1 is 1.14 bits per heavy atom. The van der Waals surface area contributed by atoms with Crippen LogP contribution in [-0.2, 0) is 24.2 Å². The van der Waals surface area contributed by atoms with Gasteiger partial charge in [-0.2, -0.15) is 0 Å². The zero-order chi connectivity index (χ0) is 24.5. The molecular weight excluding hydrogens is 446 g/mol. The van der Waals surface area contributed by atoms with Crippen molar-refractivity contribution in [2.45, 2.75) is 38.3 Å². The average molecular weight is 476 g/mol. The van der Waals surface area contributed by atoms with Gasteiger partial charge in [-0.1, -0.05) is 30.3 Å². The molecule has 0 aliphatic carbocycles. The van der Waals surface area contributed by atoms with Crippen LogP contribution in [0.4, 0.5) is 5.69 Å². The number of aliphatic hydroxyl groups excluding tert-OH is 1. The second-order valence-electron chi connectivity index (χ2n) is 9.31. The fourth-order valence-electron chi connectivity index (χ4n) is 5.23. The van der Waals surface area contributed by atoms with Crippen molar-refractivity contribution in [3.8, 4) is 0 Å². The number of hydrogen-bond acceptors (Lipinski definition) is 6. The molecule has 2 amide bonds. The molecule has 8 heteroatoms. The van der Waals surface area contributed by atoms with Crippen LogP contribution in [0.3, 0.4) is 0 Å². The van der Waals surface area contributed by atoms with Crippen LogP contribution in [-0.4, -0.2) is 54.6 Å². The van der Waals surface area contributed by atoms with E-state index >= 15 is 0 Å². The van der Waals surface area contributed by atoms with Crippen LogP contribution in [0.15, 0.2) is 51.7 Å². The summed E-state index contributed by atoms with van der Waals surface area (Å²) in [7, 11) is 1.60. The third kappa shape index (κ3) is 4.41. The second-order valence-corrected chi connectivity index (χ2v) is 9.31. The van der Waals surface area contributed by atoms with E-state index in [4.69, 9.17) is 4.42 Å². The van der Waals surface area contributed by atoms with Gasteiger partial charge in [-0.25, -0.2) is 4.79 Å². The lowest BCUT2D eigenvalue weighted by atomic mass is 9.90. The Balaban J connectivity index is 1.40. The quantitative estimate of drug-likeness (QED) is 0.530. The molecule has 0 radical (unpaired) electrons. The number of nitrogens with zero attached hydrogens (tertiary/aromatic N) is 2. The third-order valence-corrected chi connectivity index (χ3v) is 6.89. The van der Waals surface area contributed by atoms with Crippen molar-refractivity contribution in [3.63, 3.8) is 0 Å². The lowest BCUT2D eigenvalue weighted by Gasteiger charge is -2.37. The van der Waals surface area contributed by atoms with Crippen LogP contribution in [0.2, 0.25) is 0 Å². The summed E-state index contributed by atoms with van der Waals surface area (Å²) in [4.78, 5) is 42.5.